The molecule has 1 fully saturated rings. The molecule has 0 saturated carbocycles. The summed E-state index contributed by atoms with van der Waals surface area (Å²) in [5.41, 5.74) is 1.15. The van der Waals surface area contributed by atoms with Crippen molar-refractivity contribution in [2.45, 2.75) is 6.42 Å². The minimum Gasteiger partial charge on any atom is -0.656 e. The Hall–Kier alpha value is -0.630. The quantitative estimate of drug-likeness (QED) is 0.527. The van der Waals surface area contributed by atoms with Crippen LogP contribution in [0.2, 0.25) is 0 Å². The summed E-state index contributed by atoms with van der Waals surface area (Å²) in [6, 6.07) is 0. The Labute approximate surface area is 62.9 Å². The van der Waals surface area contributed by atoms with Gasteiger partial charge in [0, 0.05) is 0 Å². The summed E-state index contributed by atoms with van der Waals surface area (Å²) in [4.78, 5) is 2.26. The number of hydrogen-bond acceptors (Lipinski definition) is 1. The normalized spacial score (nSPS) is 19.6. The van der Waals surface area contributed by atoms with Crippen molar-refractivity contribution in [3.63, 3.8) is 0 Å². The number of rotatable bonds is 2. The molecule has 1 saturated heterocycles. The van der Waals surface area contributed by atoms with Gasteiger partial charge >= 0.3 is 0 Å². The number of piperazine rings is 1. The molecule has 0 aromatic rings. The average Bonchev–Trinajstić information content (AvgIpc) is 1.94. The highest BCUT2D eigenvalue weighted by Crippen LogP contribution is 2.11. The van der Waals surface area contributed by atoms with Gasteiger partial charge in [0.05, 0.1) is 13.5 Å². The lowest BCUT2D eigenvalue weighted by Crippen LogP contribution is -2.32. The first-order valence-corrected chi connectivity index (χ1v) is 3.70. The van der Waals surface area contributed by atoms with E-state index in [1.54, 1.807) is 0 Å². The maximum absolute atomic E-state index is 4.23. The van der Waals surface area contributed by atoms with Gasteiger partial charge in [0.2, 0.25) is 0 Å². The van der Waals surface area contributed by atoms with Gasteiger partial charge in [-0.25, -0.2) is 0 Å². The molecular formula is C8H14N2. The van der Waals surface area contributed by atoms with Gasteiger partial charge in [0.1, 0.15) is 6.42 Å². The zero-order chi connectivity index (χ0) is 7.40. The van der Waals surface area contributed by atoms with Crippen LogP contribution in [0.3, 0.4) is 0 Å². The van der Waals surface area contributed by atoms with E-state index in [1.165, 1.54) is 0 Å². The van der Waals surface area contributed by atoms with Gasteiger partial charge < -0.3 is 10.2 Å². The van der Waals surface area contributed by atoms with Gasteiger partial charge in [-0.2, -0.15) is 0 Å². The third-order valence-electron chi connectivity index (χ3n) is 1.70. The maximum atomic E-state index is 4.23. The van der Waals surface area contributed by atoms with Crippen molar-refractivity contribution in [2.24, 2.45) is 0 Å². The summed E-state index contributed by atoms with van der Waals surface area (Å²) in [5.74, 6) is 0. The molecule has 0 bridgehead atoms. The zero-order valence-electron chi connectivity index (χ0n) is 6.34. The second kappa shape index (κ2) is 3.52. The lowest BCUT2D eigenvalue weighted by atomic mass is 10.3. The summed E-state index contributed by atoms with van der Waals surface area (Å²) in [5, 5.41) is 4.23. The van der Waals surface area contributed by atoms with E-state index in [-0.39, 0.29) is 0 Å². The van der Waals surface area contributed by atoms with E-state index in [9.17, 15) is 0 Å². The van der Waals surface area contributed by atoms with E-state index in [4.69, 9.17) is 0 Å². The standard InChI is InChI=1S/C8H14N2/c1-3-5-10-6-4-9-7-8(10)2/h1-7H2. The van der Waals surface area contributed by atoms with Crippen LogP contribution in [0, 0.1) is 6.92 Å². The Morgan fingerprint density at radius 2 is 2.50 bits per heavy atom. The molecule has 0 aromatic carbocycles. The third kappa shape index (κ3) is 1.67. The summed E-state index contributed by atoms with van der Waals surface area (Å²) >= 11 is 0. The molecule has 56 valence electrons. The average molecular weight is 138 g/mol. The highest BCUT2D eigenvalue weighted by atomic mass is 15.2. The van der Waals surface area contributed by atoms with Crippen LogP contribution in [0.1, 0.15) is 6.42 Å². The molecule has 1 aliphatic rings. The maximum Gasteiger partial charge on any atom is 0.102 e. The van der Waals surface area contributed by atoms with Crippen LogP contribution in [-0.2, 0) is 0 Å². The van der Waals surface area contributed by atoms with Gasteiger partial charge in [-0.3, -0.25) is 0 Å². The molecule has 1 heterocycles. The van der Waals surface area contributed by atoms with Crippen LogP contribution in [0.15, 0.2) is 12.3 Å². The largest absolute Gasteiger partial charge is 0.656 e. The van der Waals surface area contributed by atoms with Crippen molar-refractivity contribution in [3.05, 3.63) is 24.5 Å². The Morgan fingerprint density at radius 3 is 3.10 bits per heavy atom. The lowest BCUT2D eigenvalue weighted by Gasteiger charge is -2.38. The first kappa shape index (κ1) is 7.48. The smallest absolute Gasteiger partial charge is 0.102 e. The van der Waals surface area contributed by atoms with Gasteiger partial charge in [-0.05, 0) is 12.2 Å². The van der Waals surface area contributed by atoms with Gasteiger partial charge in [0.25, 0.3) is 0 Å². The highest BCUT2D eigenvalue weighted by molar-refractivity contribution is 5.09. The Bertz CT molecular complexity index is 118. The molecule has 1 aliphatic heterocycles. The Morgan fingerprint density at radius 1 is 1.70 bits per heavy atom. The first-order valence-electron chi connectivity index (χ1n) is 3.70. The minimum absolute atomic E-state index is 0.819. The second-order valence-electron chi connectivity index (χ2n) is 2.51. The topological polar surface area (TPSA) is 17.3 Å². The molecule has 0 aliphatic carbocycles. The molecule has 0 amide bonds. The molecule has 2 nitrogen and oxygen atoms in total. The minimum atomic E-state index is 0.819. The fourth-order valence-electron chi connectivity index (χ4n) is 1.12. The Balaban J connectivity index is 2.32. The van der Waals surface area contributed by atoms with Crippen molar-refractivity contribution >= 4 is 0 Å². The molecule has 0 aromatic heterocycles. The van der Waals surface area contributed by atoms with E-state index in [2.05, 4.69) is 23.7 Å². The first-order chi connectivity index (χ1) is 4.84. The summed E-state index contributed by atoms with van der Waals surface area (Å²) in [6.07, 6.45) is 0.957. The fourth-order valence-corrected chi connectivity index (χ4v) is 1.12. The molecule has 0 atom stereocenters. The second-order valence-corrected chi connectivity index (χ2v) is 2.51. The van der Waals surface area contributed by atoms with Crippen LogP contribution < -0.4 is 0 Å². The van der Waals surface area contributed by atoms with Crippen molar-refractivity contribution in [3.8, 4) is 0 Å². The molecule has 0 radical (unpaired) electrons. The van der Waals surface area contributed by atoms with Crippen LogP contribution in [-0.4, -0.2) is 31.1 Å². The lowest BCUT2D eigenvalue weighted by molar-refractivity contribution is 0.347. The molecule has 0 unspecified atom stereocenters. The third-order valence-corrected chi connectivity index (χ3v) is 1.70. The van der Waals surface area contributed by atoms with Gasteiger partial charge in [-0.15, -0.1) is 13.1 Å². The predicted octanol–water partition coefficient (Wildman–Crippen LogP) is 1.41. The fraction of sp³-hybridized carbons (Fsp3) is 0.625. The van der Waals surface area contributed by atoms with E-state index in [1.807, 2.05) is 0 Å². The Kier molecular flexibility index (Phi) is 2.63. The molecule has 10 heavy (non-hydrogen) atoms. The zero-order valence-corrected chi connectivity index (χ0v) is 6.34. The predicted molar refractivity (Wildman–Crippen MR) is 43.8 cm³/mol. The summed E-state index contributed by atoms with van der Waals surface area (Å²) < 4.78 is 0. The molecule has 1 rings (SSSR count). The van der Waals surface area contributed by atoms with E-state index in [0.717, 1.165) is 38.3 Å². The molecule has 0 spiro atoms. The SMILES string of the molecule is C=C1C[N-]CCN1CC[CH2+]. The van der Waals surface area contributed by atoms with Crippen molar-refractivity contribution < 1.29 is 0 Å². The summed E-state index contributed by atoms with van der Waals surface area (Å²) in [7, 11) is 0. The molecular weight excluding hydrogens is 124 g/mol. The van der Waals surface area contributed by atoms with Gasteiger partial charge in [0.15, 0.2) is 0 Å². The molecule has 2 heteroatoms. The van der Waals surface area contributed by atoms with Crippen molar-refractivity contribution in [1.29, 1.82) is 0 Å². The van der Waals surface area contributed by atoms with E-state index in [0.29, 0.717) is 0 Å². The summed E-state index contributed by atoms with van der Waals surface area (Å²) in [6.45, 7) is 11.6. The van der Waals surface area contributed by atoms with Crippen molar-refractivity contribution in [1.82, 2.24) is 4.90 Å². The van der Waals surface area contributed by atoms with Crippen LogP contribution in [0.25, 0.3) is 5.32 Å². The monoisotopic (exact) mass is 138 g/mol. The van der Waals surface area contributed by atoms with E-state index >= 15 is 0 Å². The van der Waals surface area contributed by atoms with E-state index < -0.39 is 0 Å². The van der Waals surface area contributed by atoms with Crippen LogP contribution in [0.5, 0.6) is 0 Å². The van der Waals surface area contributed by atoms with Gasteiger partial charge in [-0.1, -0.05) is 6.58 Å². The van der Waals surface area contributed by atoms with Crippen LogP contribution in [0.4, 0.5) is 0 Å². The molecule has 0 N–H and O–H groups in total. The number of nitrogens with zero attached hydrogens (tertiary/aromatic N) is 2. The highest BCUT2D eigenvalue weighted by Gasteiger charge is 2.05. The number of hydrogen-bond donors (Lipinski definition) is 0. The van der Waals surface area contributed by atoms with Crippen LogP contribution >= 0.6 is 0 Å². The van der Waals surface area contributed by atoms with Crippen molar-refractivity contribution in [2.75, 3.05) is 26.2 Å².